The summed E-state index contributed by atoms with van der Waals surface area (Å²) in [6, 6.07) is 17.1. The summed E-state index contributed by atoms with van der Waals surface area (Å²) >= 11 is 2.28. The average Bonchev–Trinajstić information content (AvgIpc) is 3.62. The molecule has 0 spiro atoms. The molecule has 0 saturated carbocycles. The monoisotopic (exact) mass is 838 g/mol. The number of hydrogen-bond acceptors (Lipinski definition) is 11. The molecule has 2 aromatic carbocycles. The lowest BCUT2D eigenvalue weighted by Gasteiger charge is -2.36. The summed E-state index contributed by atoms with van der Waals surface area (Å²) in [5.41, 5.74) is 6.09. The van der Waals surface area contributed by atoms with Crippen molar-refractivity contribution < 1.29 is 42.3 Å². The van der Waals surface area contributed by atoms with Gasteiger partial charge in [0, 0.05) is 19.2 Å². The molecule has 2 saturated heterocycles. The maximum atomic E-state index is 13.0. The van der Waals surface area contributed by atoms with Gasteiger partial charge in [-0.1, -0.05) is 17.3 Å². The van der Waals surface area contributed by atoms with E-state index >= 15 is 0 Å². The average molecular weight is 839 g/mol. The fraction of sp³-hybridized carbons (Fsp3) is 0.472. The molecule has 0 bridgehead atoms. The van der Waals surface area contributed by atoms with Crippen molar-refractivity contribution in [3.63, 3.8) is 0 Å². The first-order chi connectivity index (χ1) is 25.1. The first-order valence-electron chi connectivity index (χ1n) is 17.3. The molecule has 280 valence electrons. The van der Waals surface area contributed by atoms with Crippen LogP contribution in [0.4, 0.5) is 13.2 Å². The van der Waals surface area contributed by atoms with Gasteiger partial charge in [0.1, 0.15) is 46.9 Å². The van der Waals surface area contributed by atoms with Gasteiger partial charge in [-0.05, 0) is 116 Å². The summed E-state index contributed by atoms with van der Waals surface area (Å²) in [7, 11) is 0. The Morgan fingerprint density at radius 3 is 2.48 bits per heavy atom. The first-order valence-corrected chi connectivity index (χ1v) is 18.4. The summed E-state index contributed by atoms with van der Waals surface area (Å²) in [6.07, 6.45) is -3.39. The van der Waals surface area contributed by atoms with Gasteiger partial charge in [-0.25, -0.2) is 9.67 Å². The Morgan fingerprint density at radius 1 is 0.981 bits per heavy atom. The van der Waals surface area contributed by atoms with Gasteiger partial charge in [0.05, 0.1) is 29.0 Å². The normalized spacial score (nSPS) is 21.6. The zero-order chi connectivity index (χ0) is 36.7. The number of hydrogen-bond donors (Lipinski definition) is 3. The van der Waals surface area contributed by atoms with Crippen LogP contribution in [0.5, 0.6) is 23.1 Å². The Balaban J connectivity index is 0.884. The number of benzene rings is 2. The van der Waals surface area contributed by atoms with Gasteiger partial charge in [0.25, 0.3) is 0 Å². The number of pyridine rings is 1. The Kier molecular flexibility index (Phi) is 12.9. The van der Waals surface area contributed by atoms with Crippen LogP contribution in [0.25, 0.3) is 0 Å². The van der Waals surface area contributed by atoms with Crippen LogP contribution in [0, 0.1) is 3.57 Å². The van der Waals surface area contributed by atoms with E-state index in [1.165, 1.54) is 11.6 Å². The van der Waals surface area contributed by atoms with Crippen LogP contribution in [0.15, 0.2) is 66.9 Å². The molecule has 16 heteroatoms. The van der Waals surface area contributed by atoms with Crippen LogP contribution in [0.1, 0.15) is 54.8 Å². The molecular formula is C36H42F3IN6O6. The highest BCUT2D eigenvalue weighted by atomic mass is 127. The quantitative estimate of drug-likeness (QED) is 0.112. The number of rotatable bonds is 14. The Labute approximate surface area is 313 Å². The minimum absolute atomic E-state index is 0.125. The van der Waals surface area contributed by atoms with Gasteiger partial charge < -0.3 is 39.8 Å². The second-order valence-corrected chi connectivity index (χ2v) is 14.0. The Morgan fingerprint density at radius 2 is 1.75 bits per heavy atom. The molecule has 2 aliphatic rings. The fourth-order valence-electron chi connectivity index (χ4n) is 6.27. The van der Waals surface area contributed by atoms with Crippen LogP contribution >= 0.6 is 22.6 Å². The molecule has 0 amide bonds. The zero-order valence-corrected chi connectivity index (χ0v) is 30.5. The van der Waals surface area contributed by atoms with E-state index in [1.807, 2.05) is 36.4 Å². The molecule has 12 nitrogen and oxygen atoms in total. The van der Waals surface area contributed by atoms with Gasteiger partial charge in [-0.2, -0.15) is 13.2 Å². The highest BCUT2D eigenvalue weighted by molar-refractivity contribution is 14.1. The first kappa shape index (κ1) is 38.2. The summed E-state index contributed by atoms with van der Waals surface area (Å²) < 4.78 is 65.1. The number of aliphatic hydroxyl groups excluding tert-OH is 2. The SMILES string of the molecule is NCCc1ccc(Oc2ccc(OCCCCN3CCC(n4cc([C@H]5OC[C@H](Oc6cccc(C(F)(F)F)n6)[C@@H](O)[C@H]5O)nn4)CC3)cc2)c(I)c1. The molecule has 52 heavy (non-hydrogen) atoms. The number of nitrogens with two attached hydrogens (primary N) is 1. The van der Waals surface area contributed by atoms with Crippen LogP contribution in [-0.4, -0.2) is 92.8 Å². The van der Waals surface area contributed by atoms with Crippen LogP contribution in [0.2, 0.25) is 0 Å². The lowest BCUT2D eigenvalue weighted by Crippen LogP contribution is -2.51. The third-order valence-electron chi connectivity index (χ3n) is 9.14. The zero-order valence-electron chi connectivity index (χ0n) is 28.4. The Hall–Kier alpha value is -3.55. The second-order valence-electron chi connectivity index (χ2n) is 12.9. The van der Waals surface area contributed by atoms with Crippen LogP contribution < -0.4 is 19.9 Å². The fourth-order valence-corrected chi connectivity index (χ4v) is 6.96. The topological polar surface area (TPSA) is 150 Å². The number of alkyl halides is 3. The highest BCUT2D eigenvalue weighted by Gasteiger charge is 2.42. The van der Waals surface area contributed by atoms with Crippen molar-refractivity contribution in [2.75, 3.05) is 39.4 Å². The number of aromatic nitrogens is 4. The molecule has 2 aliphatic heterocycles. The minimum Gasteiger partial charge on any atom is -0.494 e. The van der Waals surface area contributed by atoms with Crippen molar-refractivity contribution in [1.82, 2.24) is 24.9 Å². The molecular weight excluding hydrogens is 796 g/mol. The van der Waals surface area contributed by atoms with Crippen LogP contribution in [-0.2, 0) is 17.3 Å². The molecule has 0 aliphatic carbocycles. The van der Waals surface area contributed by atoms with Crippen molar-refractivity contribution in [3.8, 4) is 23.1 Å². The summed E-state index contributed by atoms with van der Waals surface area (Å²) in [5, 5.41) is 30.0. The number of likely N-dealkylation sites (tertiary alicyclic amines) is 1. The lowest BCUT2D eigenvalue weighted by atomic mass is 9.98. The predicted molar refractivity (Wildman–Crippen MR) is 192 cm³/mol. The third-order valence-corrected chi connectivity index (χ3v) is 9.98. The number of nitrogens with zero attached hydrogens (tertiary/aromatic N) is 5. The maximum Gasteiger partial charge on any atom is 0.433 e. The van der Waals surface area contributed by atoms with Crippen molar-refractivity contribution >= 4 is 22.6 Å². The van der Waals surface area contributed by atoms with E-state index in [2.05, 4.69) is 48.9 Å². The van der Waals surface area contributed by atoms with E-state index in [0.717, 1.165) is 84.7 Å². The number of piperidine rings is 1. The standard InChI is InChI=1S/C36H42F3IN6O6/c37-36(38,39)31-4-3-5-32(42-31)52-30-22-50-35(34(48)33(30)47)28-21-46(44-43-28)24-13-17-45(18-14-24)16-1-2-19-49-25-7-9-26(10-8-25)51-29-11-6-23(12-15-41)20-27(29)40/h3-11,20-21,24,30,33-35,47-48H,1-2,12-19,22,41H2/t30-,33+,34+,35+/m0/s1. The Bertz CT molecular complexity index is 1740. The maximum absolute atomic E-state index is 13.0. The third kappa shape index (κ3) is 9.90. The van der Waals surface area contributed by atoms with E-state index < -0.39 is 36.3 Å². The van der Waals surface area contributed by atoms with Gasteiger partial charge in [-0.15, -0.1) is 5.10 Å². The summed E-state index contributed by atoms with van der Waals surface area (Å²) in [6.45, 7) is 3.82. The smallest absolute Gasteiger partial charge is 0.433 e. The number of ether oxygens (including phenoxy) is 4. The van der Waals surface area contributed by atoms with Crippen molar-refractivity contribution in [1.29, 1.82) is 0 Å². The molecule has 4 aromatic rings. The number of halogens is 4. The molecule has 4 atom stereocenters. The van der Waals surface area contributed by atoms with Crippen molar-refractivity contribution in [2.45, 2.75) is 68.7 Å². The van der Waals surface area contributed by atoms with E-state index in [1.54, 1.807) is 10.9 Å². The molecule has 0 radical (unpaired) electrons. The lowest BCUT2D eigenvalue weighted by molar-refractivity contribution is -0.184. The molecule has 6 rings (SSSR count). The predicted octanol–water partition coefficient (Wildman–Crippen LogP) is 5.33. The molecule has 2 aromatic heterocycles. The summed E-state index contributed by atoms with van der Waals surface area (Å²) in [5.74, 6) is 2.03. The van der Waals surface area contributed by atoms with Crippen molar-refractivity contribution in [3.05, 3.63) is 87.4 Å². The van der Waals surface area contributed by atoms with Crippen molar-refractivity contribution in [2.24, 2.45) is 5.73 Å². The van der Waals surface area contributed by atoms with Gasteiger partial charge in [-0.3, -0.25) is 0 Å². The second kappa shape index (κ2) is 17.5. The van der Waals surface area contributed by atoms with Gasteiger partial charge >= 0.3 is 6.18 Å². The molecule has 4 N–H and O–H groups in total. The van der Waals surface area contributed by atoms with Gasteiger partial charge in [0.2, 0.25) is 5.88 Å². The van der Waals surface area contributed by atoms with E-state index in [0.29, 0.717) is 18.8 Å². The number of unbranched alkanes of at least 4 members (excludes halogenated alkanes) is 1. The van der Waals surface area contributed by atoms with E-state index in [-0.39, 0.29) is 18.5 Å². The molecule has 4 heterocycles. The number of aliphatic hydroxyl groups is 2. The van der Waals surface area contributed by atoms with Gasteiger partial charge in [0.15, 0.2) is 6.10 Å². The van der Waals surface area contributed by atoms with Crippen LogP contribution in [0.3, 0.4) is 0 Å². The molecule has 2 fully saturated rings. The van der Waals surface area contributed by atoms with E-state index in [4.69, 9.17) is 24.7 Å². The summed E-state index contributed by atoms with van der Waals surface area (Å²) in [4.78, 5) is 5.88. The molecule has 0 unspecified atom stereocenters. The minimum atomic E-state index is -4.64. The largest absolute Gasteiger partial charge is 0.494 e. The van der Waals surface area contributed by atoms with E-state index in [9.17, 15) is 23.4 Å². The highest BCUT2D eigenvalue weighted by Crippen LogP contribution is 2.33.